The Hall–Kier alpha value is -0.780. The van der Waals surface area contributed by atoms with E-state index in [1.807, 2.05) is 6.08 Å². The van der Waals surface area contributed by atoms with Crippen molar-refractivity contribution in [3.05, 3.63) is 36.5 Å². The van der Waals surface area contributed by atoms with Crippen LogP contribution in [0.2, 0.25) is 0 Å². The molecule has 0 rings (SSSR count). The SMILES string of the molecule is C=CCC/C(=C\C(C)C)CC=CCC. The van der Waals surface area contributed by atoms with Crippen molar-refractivity contribution in [1.29, 1.82) is 0 Å². The minimum Gasteiger partial charge on any atom is -0.103 e. The molecule has 80 valence electrons. The van der Waals surface area contributed by atoms with Crippen LogP contribution in [0.1, 0.15) is 46.5 Å². The number of allylic oxidation sites excluding steroid dienone is 5. The number of hydrogen-bond donors (Lipinski definition) is 0. The highest BCUT2D eigenvalue weighted by Crippen LogP contribution is 2.14. The molecular weight excluding hydrogens is 168 g/mol. The molecule has 0 fully saturated rings. The van der Waals surface area contributed by atoms with E-state index >= 15 is 0 Å². The second-order valence-corrected chi connectivity index (χ2v) is 3.98. The molecule has 0 aliphatic rings. The Morgan fingerprint density at radius 1 is 1.29 bits per heavy atom. The molecule has 0 atom stereocenters. The predicted molar refractivity (Wildman–Crippen MR) is 66.4 cm³/mol. The van der Waals surface area contributed by atoms with Gasteiger partial charge in [-0.3, -0.25) is 0 Å². The van der Waals surface area contributed by atoms with Crippen molar-refractivity contribution in [2.24, 2.45) is 5.92 Å². The molecule has 14 heavy (non-hydrogen) atoms. The molecule has 0 aromatic rings. The molecule has 0 aliphatic heterocycles. The quantitative estimate of drug-likeness (QED) is 0.504. The van der Waals surface area contributed by atoms with Gasteiger partial charge in [-0.1, -0.05) is 50.6 Å². The standard InChI is InChI=1S/C14H24/c1-5-7-9-11-14(10-8-6-2)12-13(3)4/h6-7,9,12-13H,2,5,8,10-11H2,1,3-4H3/b9-7?,14-12+. The number of rotatable bonds is 7. The molecule has 0 nitrogen and oxygen atoms in total. The van der Waals surface area contributed by atoms with Gasteiger partial charge in [-0.15, -0.1) is 6.58 Å². The van der Waals surface area contributed by atoms with E-state index in [2.05, 4.69) is 45.6 Å². The molecule has 0 N–H and O–H groups in total. The van der Waals surface area contributed by atoms with Crippen LogP contribution in [-0.2, 0) is 0 Å². The fraction of sp³-hybridized carbons (Fsp3) is 0.571. The summed E-state index contributed by atoms with van der Waals surface area (Å²) in [4.78, 5) is 0. The maximum Gasteiger partial charge on any atom is -0.0139 e. The molecule has 0 saturated heterocycles. The van der Waals surface area contributed by atoms with Gasteiger partial charge in [0.15, 0.2) is 0 Å². The summed E-state index contributed by atoms with van der Waals surface area (Å²) in [7, 11) is 0. The van der Waals surface area contributed by atoms with Crippen LogP contribution in [0.15, 0.2) is 36.5 Å². The van der Waals surface area contributed by atoms with E-state index in [-0.39, 0.29) is 0 Å². The summed E-state index contributed by atoms with van der Waals surface area (Å²) in [6, 6.07) is 0. The second-order valence-electron chi connectivity index (χ2n) is 3.98. The second kappa shape index (κ2) is 8.80. The summed E-state index contributed by atoms with van der Waals surface area (Å²) >= 11 is 0. The van der Waals surface area contributed by atoms with Crippen LogP contribution in [0.5, 0.6) is 0 Å². The van der Waals surface area contributed by atoms with Gasteiger partial charge in [-0.2, -0.15) is 0 Å². The first-order valence-corrected chi connectivity index (χ1v) is 5.66. The van der Waals surface area contributed by atoms with Crippen LogP contribution in [0.4, 0.5) is 0 Å². The zero-order valence-electron chi connectivity index (χ0n) is 9.92. The van der Waals surface area contributed by atoms with Crippen LogP contribution in [0.25, 0.3) is 0 Å². The maximum atomic E-state index is 3.76. The third-order valence-electron chi connectivity index (χ3n) is 2.02. The molecular formula is C14H24. The van der Waals surface area contributed by atoms with E-state index in [0.717, 1.165) is 25.7 Å². The molecule has 0 heteroatoms. The summed E-state index contributed by atoms with van der Waals surface area (Å²) in [5, 5.41) is 0. The van der Waals surface area contributed by atoms with Crippen LogP contribution in [0, 0.1) is 5.92 Å². The molecule has 0 aliphatic carbocycles. The third-order valence-corrected chi connectivity index (χ3v) is 2.02. The highest BCUT2D eigenvalue weighted by Gasteiger charge is 1.95. The van der Waals surface area contributed by atoms with E-state index in [1.165, 1.54) is 0 Å². The van der Waals surface area contributed by atoms with Gasteiger partial charge < -0.3 is 0 Å². The van der Waals surface area contributed by atoms with Gasteiger partial charge in [0.2, 0.25) is 0 Å². The van der Waals surface area contributed by atoms with Crippen molar-refractivity contribution in [2.75, 3.05) is 0 Å². The van der Waals surface area contributed by atoms with Gasteiger partial charge in [0.25, 0.3) is 0 Å². The first-order valence-electron chi connectivity index (χ1n) is 5.66. The summed E-state index contributed by atoms with van der Waals surface area (Å²) in [5.74, 6) is 0.657. The molecule has 0 aromatic heterocycles. The van der Waals surface area contributed by atoms with Crippen molar-refractivity contribution >= 4 is 0 Å². The van der Waals surface area contributed by atoms with Gasteiger partial charge in [-0.05, 0) is 31.6 Å². The molecule has 0 spiro atoms. The van der Waals surface area contributed by atoms with Crippen molar-refractivity contribution < 1.29 is 0 Å². The van der Waals surface area contributed by atoms with Gasteiger partial charge in [0.1, 0.15) is 0 Å². The summed E-state index contributed by atoms with van der Waals surface area (Å²) in [6.45, 7) is 10.4. The first kappa shape index (κ1) is 13.2. The summed E-state index contributed by atoms with van der Waals surface area (Å²) < 4.78 is 0. The van der Waals surface area contributed by atoms with Crippen molar-refractivity contribution in [2.45, 2.75) is 46.5 Å². The predicted octanol–water partition coefficient (Wildman–Crippen LogP) is 4.89. The fourth-order valence-electron chi connectivity index (χ4n) is 1.41. The smallest absolute Gasteiger partial charge is 0.0139 e. The Balaban J connectivity index is 4.10. The van der Waals surface area contributed by atoms with Gasteiger partial charge >= 0.3 is 0 Å². The van der Waals surface area contributed by atoms with Crippen LogP contribution >= 0.6 is 0 Å². The minimum atomic E-state index is 0.657. The molecule has 0 amide bonds. The first-order chi connectivity index (χ1) is 6.70. The Morgan fingerprint density at radius 2 is 2.00 bits per heavy atom. The highest BCUT2D eigenvalue weighted by molar-refractivity contribution is 5.09. The van der Waals surface area contributed by atoms with Crippen molar-refractivity contribution in [3.8, 4) is 0 Å². The third kappa shape index (κ3) is 7.85. The lowest BCUT2D eigenvalue weighted by Gasteiger charge is -2.05. The van der Waals surface area contributed by atoms with Crippen molar-refractivity contribution in [3.63, 3.8) is 0 Å². The Bertz CT molecular complexity index is 194. The topological polar surface area (TPSA) is 0 Å². The maximum absolute atomic E-state index is 3.76. The Labute approximate surface area is 89.4 Å². The molecule has 0 unspecified atom stereocenters. The summed E-state index contributed by atoms with van der Waals surface area (Å²) in [5.41, 5.74) is 1.55. The lowest BCUT2D eigenvalue weighted by atomic mass is 10.0. The minimum absolute atomic E-state index is 0.657. The van der Waals surface area contributed by atoms with E-state index < -0.39 is 0 Å². The fourth-order valence-corrected chi connectivity index (χ4v) is 1.41. The monoisotopic (exact) mass is 192 g/mol. The lowest BCUT2D eigenvalue weighted by molar-refractivity contribution is 0.798. The van der Waals surface area contributed by atoms with Crippen LogP contribution in [-0.4, -0.2) is 0 Å². The summed E-state index contributed by atoms with van der Waals surface area (Å²) in [6.07, 6.45) is 13.4. The molecule has 0 aromatic carbocycles. The number of hydrogen-bond acceptors (Lipinski definition) is 0. The average Bonchev–Trinajstić information content (AvgIpc) is 2.13. The van der Waals surface area contributed by atoms with Gasteiger partial charge in [0.05, 0.1) is 0 Å². The normalized spacial score (nSPS) is 12.7. The molecule has 0 saturated carbocycles. The average molecular weight is 192 g/mol. The molecule has 0 bridgehead atoms. The zero-order valence-corrected chi connectivity index (χ0v) is 9.92. The molecule has 0 radical (unpaired) electrons. The van der Waals surface area contributed by atoms with E-state index in [1.54, 1.807) is 5.57 Å². The van der Waals surface area contributed by atoms with E-state index in [0.29, 0.717) is 5.92 Å². The van der Waals surface area contributed by atoms with Gasteiger partial charge in [0, 0.05) is 0 Å². The zero-order chi connectivity index (χ0) is 10.8. The largest absolute Gasteiger partial charge is 0.103 e. The lowest BCUT2D eigenvalue weighted by Crippen LogP contribution is -1.87. The Morgan fingerprint density at radius 3 is 2.50 bits per heavy atom. The van der Waals surface area contributed by atoms with Gasteiger partial charge in [-0.25, -0.2) is 0 Å². The van der Waals surface area contributed by atoms with Crippen molar-refractivity contribution in [1.82, 2.24) is 0 Å². The Kier molecular flexibility index (Phi) is 8.31. The molecule has 0 heterocycles. The van der Waals surface area contributed by atoms with E-state index in [9.17, 15) is 0 Å². The van der Waals surface area contributed by atoms with Crippen LogP contribution < -0.4 is 0 Å². The van der Waals surface area contributed by atoms with Crippen LogP contribution in [0.3, 0.4) is 0 Å². The highest BCUT2D eigenvalue weighted by atomic mass is 14.0. The van der Waals surface area contributed by atoms with E-state index in [4.69, 9.17) is 0 Å².